The molecule has 0 radical (unpaired) electrons. The number of carbonyl (C=O) groups excluding carboxylic acids is 1. The van der Waals surface area contributed by atoms with Crippen LogP contribution >= 0.6 is 23.4 Å². The maximum Gasteiger partial charge on any atom is 0.270 e. The standard InChI is InChI=1S/C20H20ClN3O4S/c1-11(2)22-20-23(12(3)4)19(25)18(29-20)10-14-6-8-17(28-14)15-7-5-13(24(26)27)9-16(15)21/h5-12H,1-4H3/b18-10+,22-20?. The van der Waals surface area contributed by atoms with E-state index in [1.165, 1.54) is 23.9 Å². The highest BCUT2D eigenvalue weighted by Gasteiger charge is 2.35. The summed E-state index contributed by atoms with van der Waals surface area (Å²) in [4.78, 5) is 29.9. The number of hydrogen-bond acceptors (Lipinski definition) is 6. The lowest BCUT2D eigenvalue weighted by Gasteiger charge is -2.20. The van der Waals surface area contributed by atoms with Crippen molar-refractivity contribution in [2.45, 2.75) is 39.8 Å². The van der Waals surface area contributed by atoms with Gasteiger partial charge in [0.2, 0.25) is 0 Å². The minimum atomic E-state index is -0.507. The maximum atomic E-state index is 12.8. The van der Waals surface area contributed by atoms with Gasteiger partial charge in [0.1, 0.15) is 11.5 Å². The smallest absolute Gasteiger partial charge is 0.270 e. The number of benzene rings is 1. The Morgan fingerprint density at radius 1 is 1.24 bits per heavy atom. The summed E-state index contributed by atoms with van der Waals surface area (Å²) < 4.78 is 5.82. The first-order chi connectivity index (χ1) is 13.7. The molecule has 0 atom stereocenters. The first-order valence-electron chi connectivity index (χ1n) is 9.02. The molecular formula is C20H20ClN3O4S. The van der Waals surface area contributed by atoms with Gasteiger partial charge in [-0.05, 0) is 57.7 Å². The molecule has 0 saturated carbocycles. The number of amidine groups is 1. The molecule has 1 aliphatic rings. The van der Waals surface area contributed by atoms with Crippen LogP contribution in [0.5, 0.6) is 0 Å². The fraction of sp³-hybridized carbons (Fsp3) is 0.300. The summed E-state index contributed by atoms with van der Waals surface area (Å²) in [5.41, 5.74) is 0.449. The zero-order chi connectivity index (χ0) is 21.3. The minimum absolute atomic E-state index is 0.00974. The molecule has 2 heterocycles. The Morgan fingerprint density at radius 3 is 2.55 bits per heavy atom. The first kappa shape index (κ1) is 21.1. The van der Waals surface area contributed by atoms with Crippen molar-refractivity contribution in [3.05, 3.63) is 56.1 Å². The molecule has 0 N–H and O–H groups in total. The number of carbonyl (C=O) groups is 1. The number of non-ortho nitro benzene ring substituents is 1. The zero-order valence-corrected chi connectivity index (χ0v) is 18.0. The van der Waals surface area contributed by atoms with E-state index in [2.05, 4.69) is 4.99 Å². The van der Waals surface area contributed by atoms with Crippen LogP contribution in [0.4, 0.5) is 5.69 Å². The first-order valence-corrected chi connectivity index (χ1v) is 10.2. The number of halogens is 1. The Balaban J connectivity index is 1.90. The Labute approximate surface area is 177 Å². The van der Waals surface area contributed by atoms with E-state index in [4.69, 9.17) is 16.0 Å². The summed E-state index contributed by atoms with van der Waals surface area (Å²) in [7, 11) is 0. The monoisotopic (exact) mass is 433 g/mol. The van der Waals surface area contributed by atoms with Gasteiger partial charge in [-0.25, -0.2) is 0 Å². The fourth-order valence-corrected chi connectivity index (χ4v) is 4.26. The second-order valence-corrected chi connectivity index (χ2v) is 8.42. The lowest BCUT2D eigenvalue weighted by Crippen LogP contribution is -2.35. The predicted molar refractivity (Wildman–Crippen MR) is 116 cm³/mol. The highest BCUT2D eigenvalue weighted by molar-refractivity contribution is 8.18. The van der Waals surface area contributed by atoms with Crippen LogP contribution in [0.2, 0.25) is 5.02 Å². The Hall–Kier alpha value is -2.58. The van der Waals surface area contributed by atoms with Crippen molar-refractivity contribution < 1.29 is 14.1 Å². The van der Waals surface area contributed by atoms with Gasteiger partial charge in [0.25, 0.3) is 11.6 Å². The molecule has 0 bridgehead atoms. The van der Waals surface area contributed by atoms with E-state index in [1.54, 1.807) is 29.2 Å². The molecule has 7 nitrogen and oxygen atoms in total. The number of nitro benzene ring substituents is 1. The summed E-state index contributed by atoms with van der Waals surface area (Å²) in [6, 6.07) is 7.70. The van der Waals surface area contributed by atoms with E-state index in [-0.39, 0.29) is 28.7 Å². The van der Waals surface area contributed by atoms with Crippen molar-refractivity contribution in [3.63, 3.8) is 0 Å². The molecule has 0 spiro atoms. The second kappa shape index (κ2) is 8.42. The second-order valence-electron chi connectivity index (χ2n) is 7.01. The molecule has 9 heteroatoms. The number of thioether (sulfide) groups is 1. The van der Waals surface area contributed by atoms with E-state index in [0.717, 1.165) is 0 Å². The van der Waals surface area contributed by atoms with Gasteiger partial charge in [0, 0.05) is 35.9 Å². The number of nitrogens with zero attached hydrogens (tertiary/aromatic N) is 3. The summed E-state index contributed by atoms with van der Waals surface area (Å²) in [5.74, 6) is 0.833. The number of nitro groups is 1. The highest BCUT2D eigenvalue weighted by atomic mass is 35.5. The van der Waals surface area contributed by atoms with Crippen molar-refractivity contribution in [1.29, 1.82) is 0 Å². The van der Waals surface area contributed by atoms with Gasteiger partial charge in [0.05, 0.1) is 14.9 Å². The van der Waals surface area contributed by atoms with Gasteiger partial charge in [-0.2, -0.15) is 0 Å². The number of furan rings is 1. The van der Waals surface area contributed by atoms with E-state index in [0.29, 0.717) is 27.2 Å². The third kappa shape index (κ3) is 4.54. The Morgan fingerprint density at radius 2 is 1.97 bits per heavy atom. The molecule has 1 saturated heterocycles. The number of rotatable bonds is 5. The van der Waals surface area contributed by atoms with Crippen molar-refractivity contribution in [2.75, 3.05) is 0 Å². The average Bonchev–Trinajstić information content (AvgIpc) is 3.19. The molecular weight excluding hydrogens is 414 g/mol. The molecule has 2 aromatic rings. The zero-order valence-electron chi connectivity index (χ0n) is 16.4. The highest BCUT2D eigenvalue weighted by Crippen LogP contribution is 2.36. The maximum absolute atomic E-state index is 12.8. The molecule has 1 amide bonds. The van der Waals surface area contributed by atoms with Crippen molar-refractivity contribution in [2.24, 2.45) is 4.99 Å². The largest absolute Gasteiger partial charge is 0.457 e. The number of aliphatic imine (C=N–C) groups is 1. The van der Waals surface area contributed by atoms with E-state index >= 15 is 0 Å². The molecule has 1 aromatic carbocycles. The molecule has 1 fully saturated rings. The molecule has 1 aliphatic heterocycles. The van der Waals surface area contributed by atoms with Crippen molar-refractivity contribution >= 4 is 46.2 Å². The van der Waals surface area contributed by atoms with Crippen LogP contribution in [-0.4, -0.2) is 33.0 Å². The lowest BCUT2D eigenvalue weighted by molar-refractivity contribution is -0.384. The summed E-state index contributed by atoms with van der Waals surface area (Å²) >= 11 is 7.49. The Kier molecular flexibility index (Phi) is 6.14. The molecule has 0 aliphatic carbocycles. The molecule has 1 aromatic heterocycles. The van der Waals surface area contributed by atoms with E-state index in [9.17, 15) is 14.9 Å². The van der Waals surface area contributed by atoms with Gasteiger partial charge in [0.15, 0.2) is 5.17 Å². The van der Waals surface area contributed by atoms with Crippen LogP contribution in [0.15, 0.2) is 44.6 Å². The molecule has 29 heavy (non-hydrogen) atoms. The number of amides is 1. The van der Waals surface area contributed by atoms with Gasteiger partial charge in [-0.15, -0.1) is 0 Å². The topological polar surface area (TPSA) is 89.0 Å². The lowest BCUT2D eigenvalue weighted by atomic mass is 10.1. The third-order valence-corrected chi connectivity index (χ3v) is 5.36. The third-order valence-electron chi connectivity index (χ3n) is 4.05. The van der Waals surface area contributed by atoms with Crippen LogP contribution < -0.4 is 0 Å². The van der Waals surface area contributed by atoms with Crippen LogP contribution in [0.25, 0.3) is 17.4 Å². The molecule has 152 valence electrons. The minimum Gasteiger partial charge on any atom is -0.457 e. The Bertz CT molecular complexity index is 1030. The fourth-order valence-electron chi connectivity index (χ4n) is 2.77. The van der Waals surface area contributed by atoms with E-state index < -0.39 is 4.92 Å². The van der Waals surface area contributed by atoms with Crippen molar-refractivity contribution in [3.8, 4) is 11.3 Å². The van der Waals surface area contributed by atoms with E-state index in [1.807, 2.05) is 27.7 Å². The molecule has 3 rings (SSSR count). The van der Waals surface area contributed by atoms with Crippen molar-refractivity contribution in [1.82, 2.24) is 4.90 Å². The van der Waals surface area contributed by atoms with Gasteiger partial charge in [-0.3, -0.25) is 24.8 Å². The average molecular weight is 434 g/mol. The van der Waals surface area contributed by atoms with Crippen LogP contribution in [-0.2, 0) is 4.79 Å². The van der Waals surface area contributed by atoms with Crippen LogP contribution in [0.1, 0.15) is 33.5 Å². The normalized spacial score (nSPS) is 17.3. The van der Waals surface area contributed by atoms with Gasteiger partial charge in [-0.1, -0.05) is 11.6 Å². The van der Waals surface area contributed by atoms with Crippen LogP contribution in [0, 0.1) is 10.1 Å². The quantitative estimate of drug-likeness (QED) is 0.348. The summed E-state index contributed by atoms with van der Waals surface area (Å²) in [6.07, 6.45) is 1.67. The predicted octanol–water partition coefficient (Wildman–Crippen LogP) is 5.60. The SMILES string of the molecule is CC(C)N=C1S/C(=C/c2ccc(-c3ccc([N+](=O)[O-])cc3Cl)o2)C(=O)N1C(C)C. The van der Waals surface area contributed by atoms with Gasteiger partial charge >= 0.3 is 0 Å². The number of hydrogen-bond donors (Lipinski definition) is 0. The van der Waals surface area contributed by atoms with Crippen LogP contribution in [0.3, 0.4) is 0 Å². The summed E-state index contributed by atoms with van der Waals surface area (Å²) in [6.45, 7) is 7.81. The van der Waals surface area contributed by atoms with Gasteiger partial charge < -0.3 is 4.42 Å². The summed E-state index contributed by atoms with van der Waals surface area (Å²) in [5, 5.41) is 11.8. The molecule has 0 unspecified atom stereocenters.